The van der Waals surface area contributed by atoms with Gasteiger partial charge in [0.05, 0.1) is 6.04 Å². The standard InChI is InChI=1S/C11H19N3OS/c15-11(10-7-16-8-12-10)14-5-3-13(4-6-14)9-1-2-9/h9-10,12H,1-8H2. The fourth-order valence-corrected chi connectivity index (χ4v) is 3.45. The molecular formula is C11H19N3OS. The molecular weight excluding hydrogens is 222 g/mol. The number of amides is 1. The largest absolute Gasteiger partial charge is 0.339 e. The van der Waals surface area contributed by atoms with Crippen molar-refractivity contribution in [2.75, 3.05) is 37.8 Å². The third kappa shape index (κ3) is 2.21. The first-order chi connectivity index (χ1) is 7.84. The van der Waals surface area contributed by atoms with Crippen molar-refractivity contribution in [3.05, 3.63) is 0 Å². The Bertz CT molecular complexity index is 268. The van der Waals surface area contributed by atoms with Crippen molar-refractivity contribution in [1.29, 1.82) is 0 Å². The lowest BCUT2D eigenvalue weighted by atomic mass is 10.2. The van der Waals surface area contributed by atoms with Crippen molar-refractivity contribution in [2.24, 2.45) is 0 Å². The zero-order chi connectivity index (χ0) is 11.0. The molecule has 0 spiro atoms. The van der Waals surface area contributed by atoms with Gasteiger partial charge in [0.25, 0.3) is 0 Å². The Morgan fingerprint density at radius 3 is 2.50 bits per heavy atom. The second-order valence-electron chi connectivity index (χ2n) is 4.86. The highest BCUT2D eigenvalue weighted by atomic mass is 32.2. The van der Waals surface area contributed by atoms with Gasteiger partial charge in [0.2, 0.25) is 5.91 Å². The van der Waals surface area contributed by atoms with Crippen molar-refractivity contribution < 1.29 is 4.79 Å². The van der Waals surface area contributed by atoms with E-state index >= 15 is 0 Å². The van der Waals surface area contributed by atoms with Gasteiger partial charge < -0.3 is 4.90 Å². The van der Waals surface area contributed by atoms with Crippen LogP contribution in [0, 0.1) is 0 Å². The Labute approximate surface area is 101 Å². The molecule has 2 aliphatic heterocycles. The van der Waals surface area contributed by atoms with Crippen LogP contribution in [-0.2, 0) is 4.79 Å². The summed E-state index contributed by atoms with van der Waals surface area (Å²) in [5.74, 6) is 2.19. The first kappa shape index (κ1) is 10.9. The summed E-state index contributed by atoms with van der Waals surface area (Å²) in [6, 6.07) is 0.926. The molecule has 16 heavy (non-hydrogen) atoms. The molecule has 2 heterocycles. The summed E-state index contributed by atoms with van der Waals surface area (Å²) in [6.07, 6.45) is 2.74. The minimum absolute atomic E-state index is 0.0810. The van der Waals surface area contributed by atoms with Gasteiger partial charge in [-0.25, -0.2) is 0 Å². The second kappa shape index (κ2) is 4.55. The van der Waals surface area contributed by atoms with Gasteiger partial charge in [0.1, 0.15) is 0 Å². The van der Waals surface area contributed by atoms with E-state index in [4.69, 9.17) is 0 Å². The quantitative estimate of drug-likeness (QED) is 0.735. The highest BCUT2D eigenvalue weighted by Gasteiger charge is 2.34. The third-order valence-electron chi connectivity index (χ3n) is 3.70. The van der Waals surface area contributed by atoms with Crippen molar-refractivity contribution in [2.45, 2.75) is 24.9 Å². The number of hydrogen-bond acceptors (Lipinski definition) is 4. The average molecular weight is 241 g/mol. The molecule has 1 saturated carbocycles. The monoisotopic (exact) mass is 241 g/mol. The van der Waals surface area contributed by atoms with E-state index in [0.717, 1.165) is 43.9 Å². The van der Waals surface area contributed by atoms with E-state index in [1.54, 1.807) is 0 Å². The van der Waals surface area contributed by atoms with Crippen molar-refractivity contribution in [3.8, 4) is 0 Å². The maximum atomic E-state index is 12.1. The molecule has 0 aromatic rings. The van der Waals surface area contributed by atoms with Crippen LogP contribution in [0.5, 0.6) is 0 Å². The van der Waals surface area contributed by atoms with E-state index in [2.05, 4.69) is 10.2 Å². The molecule has 3 rings (SSSR count). The number of nitrogens with zero attached hydrogens (tertiary/aromatic N) is 2. The number of nitrogens with one attached hydrogen (secondary N) is 1. The Hall–Kier alpha value is -0.260. The van der Waals surface area contributed by atoms with Crippen LogP contribution in [0.2, 0.25) is 0 Å². The maximum Gasteiger partial charge on any atom is 0.240 e. The van der Waals surface area contributed by atoms with Crippen molar-refractivity contribution in [1.82, 2.24) is 15.1 Å². The van der Waals surface area contributed by atoms with Crippen LogP contribution < -0.4 is 5.32 Å². The topological polar surface area (TPSA) is 35.6 Å². The summed E-state index contributed by atoms with van der Waals surface area (Å²) in [5, 5.41) is 3.26. The number of rotatable bonds is 2. The molecule has 5 heteroatoms. The number of carbonyl (C=O) groups is 1. The smallest absolute Gasteiger partial charge is 0.240 e. The molecule has 2 saturated heterocycles. The summed E-state index contributed by atoms with van der Waals surface area (Å²) >= 11 is 1.82. The van der Waals surface area contributed by atoms with E-state index in [0.29, 0.717) is 5.91 Å². The van der Waals surface area contributed by atoms with Crippen LogP contribution in [0.15, 0.2) is 0 Å². The molecule has 3 aliphatic rings. The first-order valence-electron chi connectivity index (χ1n) is 6.18. The van der Waals surface area contributed by atoms with Crippen molar-refractivity contribution in [3.63, 3.8) is 0 Å². The molecule has 0 aromatic heterocycles. The van der Waals surface area contributed by atoms with Gasteiger partial charge in [0, 0.05) is 43.9 Å². The zero-order valence-corrected chi connectivity index (χ0v) is 10.3. The van der Waals surface area contributed by atoms with E-state index in [9.17, 15) is 4.79 Å². The summed E-state index contributed by atoms with van der Waals surface area (Å²) in [5.41, 5.74) is 0. The Morgan fingerprint density at radius 2 is 1.94 bits per heavy atom. The highest BCUT2D eigenvalue weighted by molar-refractivity contribution is 7.99. The number of thioether (sulfide) groups is 1. The molecule has 1 aliphatic carbocycles. The highest BCUT2D eigenvalue weighted by Crippen LogP contribution is 2.27. The third-order valence-corrected chi connectivity index (χ3v) is 4.64. The van der Waals surface area contributed by atoms with E-state index in [-0.39, 0.29) is 6.04 Å². The Kier molecular flexibility index (Phi) is 3.09. The van der Waals surface area contributed by atoms with Gasteiger partial charge in [-0.15, -0.1) is 11.8 Å². The SMILES string of the molecule is O=C(C1CSCN1)N1CCN(C2CC2)CC1. The minimum Gasteiger partial charge on any atom is -0.339 e. The van der Waals surface area contributed by atoms with Crippen LogP contribution in [0.25, 0.3) is 0 Å². The summed E-state index contributed by atoms with van der Waals surface area (Å²) < 4.78 is 0. The maximum absolute atomic E-state index is 12.1. The molecule has 4 nitrogen and oxygen atoms in total. The Balaban J connectivity index is 1.50. The second-order valence-corrected chi connectivity index (χ2v) is 5.89. The lowest BCUT2D eigenvalue weighted by Gasteiger charge is -2.35. The van der Waals surface area contributed by atoms with Gasteiger partial charge in [-0.3, -0.25) is 15.0 Å². The molecule has 1 atom stereocenters. The molecule has 0 radical (unpaired) electrons. The van der Waals surface area contributed by atoms with Gasteiger partial charge in [-0.1, -0.05) is 0 Å². The molecule has 0 aromatic carbocycles. The number of carbonyl (C=O) groups excluding carboxylic acids is 1. The van der Waals surface area contributed by atoms with E-state index in [1.807, 2.05) is 16.7 Å². The Morgan fingerprint density at radius 1 is 1.19 bits per heavy atom. The predicted molar refractivity (Wildman–Crippen MR) is 65.4 cm³/mol. The first-order valence-corrected chi connectivity index (χ1v) is 7.34. The molecule has 1 amide bonds. The summed E-state index contributed by atoms with van der Waals surface area (Å²) in [4.78, 5) is 16.7. The lowest BCUT2D eigenvalue weighted by Crippen LogP contribution is -2.53. The molecule has 1 unspecified atom stereocenters. The average Bonchev–Trinajstić information content (AvgIpc) is 3.04. The van der Waals surface area contributed by atoms with E-state index in [1.165, 1.54) is 12.8 Å². The molecule has 3 fully saturated rings. The lowest BCUT2D eigenvalue weighted by molar-refractivity contribution is -0.134. The van der Waals surface area contributed by atoms with Gasteiger partial charge in [0.15, 0.2) is 0 Å². The predicted octanol–water partition coefficient (Wildman–Crippen LogP) is -0.0445. The van der Waals surface area contributed by atoms with Crippen LogP contribution in [0.4, 0.5) is 0 Å². The number of piperazine rings is 1. The van der Waals surface area contributed by atoms with Crippen LogP contribution in [-0.4, -0.2) is 65.6 Å². The van der Waals surface area contributed by atoms with Crippen LogP contribution in [0.1, 0.15) is 12.8 Å². The summed E-state index contributed by atoms with van der Waals surface area (Å²) in [7, 11) is 0. The van der Waals surface area contributed by atoms with Crippen molar-refractivity contribution >= 4 is 17.7 Å². The fraction of sp³-hybridized carbons (Fsp3) is 0.909. The summed E-state index contributed by atoms with van der Waals surface area (Å²) in [6.45, 7) is 4.02. The molecule has 90 valence electrons. The van der Waals surface area contributed by atoms with Gasteiger partial charge in [-0.2, -0.15) is 0 Å². The molecule has 0 bridgehead atoms. The van der Waals surface area contributed by atoms with Crippen LogP contribution in [0.3, 0.4) is 0 Å². The normalized spacial score (nSPS) is 32.0. The van der Waals surface area contributed by atoms with Gasteiger partial charge >= 0.3 is 0 Å². The number of hydrogen-bond donors (Lipinski definition) is 1. The zero-order valence-electron chi connectivity index (χ0n) is 9.52. The molecule has 1 N–H and O–H groups in total. The van der Waals surface area contributed by atoms with E-state index < -0.39 is 0 Å². The van der Waals surface area contributed by atoms with Crippen LogP contribution >= 0.6 is 11.8 Å². The fourth-order valence-electron chi connectivity index (χ4n) is 2.52. The van der Waals surface area contributed by atoms with Gasteiger partial charge in [-0.05, 0) is 12.8 Å². The minimum atomic E-state index is 0.0810.